The Morgan fingerprint density at radius 1 is 1.27 bits per heavy atom. The highest BCUT2D eigenvalue weighted by molar-refractivity contribution is 7.30. The first-order valence-electron chi connectivity index (χ1n) is 3.99. The zero-order chi connectivity index (χ0) is 11.8. The summed E-state index contributed by atoms with van der Waals surface area (Å²) in [4.78, 5) is 14.2. The van der Waals surface area contributed by atoms with Gasteiger partial charge < -0.3 is 15.9 Å². The minimum absolute atomic E-state index is 0.193. The van der Waals surface area contributed by atoms with Crippen LogP contribution in [0.2, 0.25) is 0 Å². The molecule has 0 saturated heterocycles. The van der Waals surface area contributed by atoms with Gasteiger partial charge in [-0.25, -0.2) is 0 Å². The van der Waals surface area contributed by atoms with E-state index in [9.17, 15) is 5.11 Å². The van der Waals surface area contributed by atoms with Crippen LogP contribution in [-0.2, 0) is 4.57 Å². The molecule has 1 rings (SSSR count). The SMILES string of the molecule is NCC(O)c1ccc(O)cc1.O=[P+](O)O. The Morgan fingerprint density at radius 3 is 2.00 bits per heavy atom. The number of rotatable bonds is 2. The topological polar surface area (TPSA) is 124 Å². The number of phenolic OH excluding ortho intramolecular Hbond substituents is 1. The molecule has 0 aliphatic carbocycles. The first-order valence-corrected chi connectivity index (χ1v) is 5.16. The summed E-state index contributed by atoms with van der Waals surface area (Å²) < 4.78 is 8.70. The number of hydrogen-bond acceptors (Lipinski definition) is 4. The van der Waals surface area contributed by atoms with Gasteiger partial charge in [-0.1, -0.05) is 12.1 Å². The average Bonchev–Trinajstić information content (AvgIpc) is 2.17. The van der Waals surface area contributed by atoms with Crippen LogP contribution in [0.1, 0.15) is 11.7 Å². The minimum Gasteiger partial charge on any atom is -0.508 e. The van der Waals surface area contributed by atoms with Gasteiger partial charge >= 0.3 is 8.25 Å². The maximum atomic E-state index is 9.21. The van der Waals surface area contributed by atoms with E-state index in [2.05, 4.69) is 0 Å². The summed E-state index contributed by atoms with van der Waals surface area (Å²) in [5.74, 6) is 0.193. The van der Waals surface area contributed by atoms with E-state index in [4.69, 9.17) is 25.2 Å². The lowest BCUT2D eigenvalue weighted by Gasteiger charge is -2.06. The van der Waals surface area contributed by atoms with Gasteiger partial charge in [0.05, 0.1) is 6.10 Å². The molecule has 0 saturated carbocycles. The molecule has 1 atom stereocenters. The molecule has 15 heavy (non-hydrogen) atoms. The lowest BCUT2D eigenvalue weighted by molar-refractivity contribution is 0.186. The molecule has 1 aromatic carbocycles. The van der Waals surface area contributed by atoms with Gasteiger partial charge in [-0.05, 0) is 17.7 Å². The second kappa shape index (κ2) is 7.28. The molecule has 0 aliphatic heterocycles. The first kappa shape index (κ1) is 14.0. The number of nitrogens with two attached hydrogens (primary N) is 1. The van der Waals surface area contributed by atoms with E-state index in [1.165, 1.54) is 12.1 Å². The van der Waals surface area contributed by atoms with E-state index in [1.54, 1.807) is 12.1 Å². The van der Waals surface area contributed by atoms with Gasteiger partial charge in [-0.15, -0.1) is 9.79 Å². The summed E-state index contributed by atoms with van der Waals surface area (Å²) in [7, 11) is -2.87. The number of benzene rings is 1. The standard InChI is InChI=1S/C8H11NO2.HO3P/c9-5-8(11)6-1-3-7(10)4-2-6;1-4(2)3/h1-4,8,10-11H,5,9H2;(H-,1,2,3)/p+1. The van der Waals surface area contributed by atoms with Crippen LogP contribution >= 0.6 is 8.25 Å². The maximum Gasteiger partial charge on any atom is 0.692 e. The van der Waals surface area contributed by atoms with Crippen LogP contribution in [0.15, 0.2) is 24.3 Å². The Bertz CT molecular complexity index is 298. The van der Waals surface area contributed by atoms with E-state index in [0.29, 0.717) is 0 Å². The first-order chi connectivity index (χ1) is 6.97. The van der Waals surface area contributed by atoms with Crippen molar-refractivity contribution in [1.29, 1.82) is 0 Å². The van der Waals surface area contributed by atoms with Gasteiger partial charge in [0, 0.05) is 11.1 Å². The number of phenols is 1. The Kier molecular flexibility index (Phi) is 6.77. The van der Waals surface area contributed by atoms with Crippen LogP contribution in [0.5, 0.6) is 5.75 Å². The fourth-order valence-corrected chi connectivity index (χ4v) is 0.833. The molecule has 6 nitrogen and oxygen atoms in total. The third-order valence-electron chi connectivity index (χ3n) is 1.50. The molecule has 7 heteroatoms. The van der Waals surface area contributed by atoms with E-state index >= 15 is 0 Å². The molecule has 0 amide bonds. The summed E-state index contributed by atoms with van der Waals surface area (Å²) in [5, 5.41) is 18.1. The van der Waals surface area contributed by atoms with Gasteiger partial charge in [0.2, 0.25) is 0 Å². The normalized spacial score (nSPS) is 11.2. The van der Waals surface area contributed by atoms with Crippen molar-refractivity contribution in [3.8, 4) is 5.75 Å². The molecular weight excluding hydrogens is 221 g/mol. The van der Waals surface area contributed by atoms with Crippen molar-refractivity contribution in [2.24, 2.45) is 5.73 Å². The summed E-state index contributed by atoms with van der Waals surface area (Å²) in [5.41, 5.74) is 5.96. The predicted octanol–water partition coefficient (Wildman–Crippen LogP) is 0.0127. The lowest BCUT2D eigenvalue weighted by atomic mass is 10.1. The van der Waals surface area contributed by atoms with Gasteiger partial charge in [0.1, 0.15) is 5.75 Å². The quantitative estimate of drug-likeness (QED) is 0.459. The number of hydrogen-bond donors (Lipinski definition) is 5. The van der Waals surface area contributed by atoms with E-state index < -0.39 is 14.4 Å². The zero-order valence-corrected chi connectivity index (χ0v) is 8.71. The number of aliphatic hydroxyl groups is 1. The highest BCUT2D eigenvalue weighted by atomic mass is 31.1. The number of aromatic hydroxyl groups is 1. The highest BCUT2D eigenvalue weighted by Crippen LogP contribution is 2.15. The molecule has 0 aromatic heterocycles. The fourth-order valence-electron chi connectivity index (χ4n) is 0.833. The molecule has 84 valence electrons. The second-order valence-corrected chi connectivity index (χ2v) is 3.10. The van der Waals surface area contributed by atoms with Crippen molar-refractivity contribution in [1.82, 2.24) is 0 Å². The van der Waals surface area contributed by atoms with Crippen LogP contribution in [0.4, 0.5) is 0 Å². The third-order valence-corrected chi connectivity index (χ3v) is 1.50. The molecule has 0 radical (unpaired) electrons. The maximum absolute atomic E-state index is 9.21. The largest absolute Gasteiger partial charge is 0.692 e. The van der Waals surface area contributed by atoms with Crippen LogP contribution in [0.3, 0.4) is 0 Å². The summed E-state index contributed by atoms with van der Waals surface area (Å²) in [6.45, 7) is 0.199. The average molecular weight is 234 g/mol. The van der Waals surface area contributed by atoms with Gasteiger partial charge in [0.15, 0.2) is 0 Å². The molecular formula is C8H13NO5P+. The Morgan fingerprint density at radius 2 is 1.67 bits per heavy atom. The van der Waals surface area contributed by atoms with Crippen molar-refractivity contribution in [3.63, 3.8) is 0 Å². The molecule has 1 aromatic rings. The van der Waals surface area contributed by atoms with Crippen LogP contribution in [0.25, 0.3) is 0 Å². The van der Waals surface area contributed by atoms with Crippen molar-refractivity contribution < 1.29 is 24.6 Å². The minimum atomic E-state index is -2.87. The molecule has 0 aliphatic rings. The molecule has 0 heterocycles. The van der Waals surface area contributed by atoms with Crippen LogP contribution in [0, 0.1) is 0 Å². The van der Waals surface area contributed by atoms with Crippen molar-refractivity contribution in [2.75, 3.05) is 6.54 Å². The molecule has 1 unspecified atom stereocenters. The highest BCUT2D eigenvalue weighted by Gasteiger charge is 2.02. The summed E-state index contributed by atoms with van der Waals surface area (Å²) >= 11 is 0. The number of aliphatic hydroxyl groups excluding tert-OH is 1. The van der Waals surface area contributed by atoms with Crippen LogP contribution in [-0.4, -0.2) is 26.5 Å². The molecule has 6 N–H and O–H groups in total. The monoisotopic (exact) mass is 234 g/mol. The fraction of sp³-hybridized carbons (Fsp3) is 0.250. The van der Waals surface area contributed by atoms with E-state index in [-0.39, 0.29) is 12.3 Å². The Balaban J connectivity index is 0.000000423. The second-order valence-electron chi connectivity index (χ2n) is 2.60. The summed E-state index contributed by atoms with van der Waals surface area (Å²) in [6.07, 6.45) is -0.629. The van der Waals surface area contributed by atoms with Crippen molar-refractivity contribution in [2.45, 2.75) is 6.10 Å². The molecule has 0 bridgehead atoms. The van der Waals surface area contributed by atoms with Crippen molar-refractivity contribution in [3.05, 3.63) is 29.8 Å². The third kappa shape index (κ3) is 6.96. The van der Waals surface area contributed by atoms with Crippen molar-refractivity contribution >= 4 is 8.25 Å². The smallest absolute Gasteiger partial charge is 0.508 e. The molecule has 0 spiro atoms. The Labute approximate surface area is 87.6 Å². The van der Waals surface area contributed by atoms with Gasteiger partial charge in [0.25, 0.3) is 0 Å². The van der Waals surface area contributed by atoms with Gasteiger partial charge in [-0.3, -0.25) is 0 Å². The van der Waals surface area contributed by atoms with Crippen LogP contribution < -0.4 is 5.73 Å². The molecule has 0 fully saturated rings. The summed E-state index contributed by atoms with van der Waals surface area (Å²) in [6, 6.07) is 6.34. The van der Waals surface area contributed by atoms with Gasteiger partial charge in [-0.2, -0.15) is 0 Å². The predicted molar refractivity (Wildman–Crippen MR) is 54.2 cm³/mol. The zero-order valence-electron chi connectivity index (χ0n) is 7.82. The Hall–Kier alpha value is -1.04. The van der Waals surface area contributed by atoms with E-state index in [0.717, 1.165) is 5.56 Å². The lowest BCUT2D eigenvalue weighted by Crippen LogP contribution is -2.10. The van der Waals surface area contributed by atoms with E-state index in [1.807, 2.05) is 0 Å².